The summed E-state index contributed by atoms with van der Waals surface area (Å²) in [5, 5.41) is 0. The van der Waals surface area contributed by atoms with Crippen LogP contribution in [0.4, 0.5) is 0 Å². The van der Waals surface area contributed by atoms with E-state index in [1.807, 2.05) is 0 Å². The monoisotopic (exact) mass is 239 g/mol. The summed E-state index contributed by atoms with van der Waals surface area (Å²) in [7, 11) is 0. The third kappa shape index (κ3) is 2.78. The fourth-order valence-electron chi connectivity index (χ4n) is 2.17. The van der Waals surface area contributed by atoms with Gasteiger partial charge in [0.2, 0.25) is 0 Å². The van der Waals surface area contributed by atoms with Gasteiger partial charge in [-0.15, -0.1) is 12.4 Å². The Bertz CT molecular complexity index is 314. The van der Waals surface area contributed by atoms with Crippen molar-refractivity contribution >= 4 is 12.4 Å². The molecule has 1 aliphatic rings. The van der Waals surface area contributed by atoms with Gasteiger partial charge in [0.25, 0.3) is 0 Å². The molecule has 2 N–H and O–H groups in total. The summed E-state index contributed by atoms with van der Waals surface area (Å²) in [5.74, 6) is 1.34. The predicted molar refractivity (Wildman–Crippen MR) is 72.0 cm³/mol. The lowest BCUT2D eigenvalue weighted by atomic mass is 9.77. The Morgan fingerprint density at radius 1 is 1.06 bits per heavy atom. The topological polar surface area (TPSA) is 26.0 Å². The SMILES string of the molecule is CC(C)c1ccc([C@H](N)C2CCC2)cc1.Cl. The predicted octanol–water partition coefficient (Wildman–Crippen LogP) is 4.03. The zero-order chi connectivity index (χ0) is 10.8. The third-order valence-electron chi connectivity index (χ3n) is 3.65. The van der Waals surface area contributed by atoms with Crippen molar-refractivity contribution in [1.29, 1.82) is 0 Å². The molecule has 1 aliphatic carbocycles. The van der Waals surface area contributed by atoms with Crippen LogP contribution in [0.1, 0.15) is 56.2 Å². The van der Waals surface area contributed by atoms with Gasteiger partial charge < -0.3 is 5.73 Å². The van der Waals surface area contributed by atoms with Crippen molar-refractivity contribution in [3.8, 4) is 0 Å². The van der Waals surface area contributed by atoms with E-state index in [1.54, 1.807) is 0 Å². The minimum absolute atomic E-state index is 0. The zero-order valence-electron chi connectivity index (χ0n) is 10.1. The normalized spacial score (nSPS) is 17.8. The molecule has 1 saturated carbocycles. The second-order valence-electron chi connectivity index (χ2n) is 5.04. The van der Waals surface area contributed by atoms with E-state index in [2.05, 4.69) is 38.1 Å². The maximum absolute atomic E-state index is 6.23. The first-order chi connectivity index (χ1) is 7.18. The number of rotatable bonds is 3. The van der Waals surface area contributed by atoms with E-state index >= 15 is 0 Å². The highest BCUT2D eigenvalue weighted by molar-refractivity contribution is 5.85. The van der Waals surface area contributed by atoms with Crippen LogP contribution in [0.3, 0.4) is 0 Å². The highest BCUT2D eigenvalue weighted by Gasteiger charge is 2.25. The second-order valence-corrected chi connectivity index (χ2v) is 5.04. The molecule has 0 amide bonds. The molecule has 0 aliphatic heterocycles. The molecule has 0 heterocycles. The summed E-state index contributed by atoms with van der Waals surface area (Å²) >= 11 is 0. The second kappa shape index (κ2) is 5.70. The van der Waals surface area contributed by atoms with Gasteiger partial charge in [0.15, 0.2) is 0 Å². The van der Waals surface area contributed by atoms with Crippen LogP contribution in [-0.4, -0.2) is 0 Å². The first kappa shape index (κ1) is 13.5. The number of hydrogen-bond acceptors (Lipinski definition) is 1. The summed E-state index contributed by atoms with van der Waals surface area (Å²) in [6.45, 7) is 4.45. The lowest BCUT2D eigenvalue weighted by Gasteiger charge is -2.31. The average molecular weight is 240 g/mol. The summed E-state index contributed by atoms with van der Waals surface area (Å²) in [6.07, 6.45) is 3.99. The summed E-state index contributed by atoms with van der Waals surface area (Å²) in [4.78, 5) is 0. The van der Waals surface area contributed by atoms with Crippen LogP contribution in [0.2, 0.25) is 0 Å². The molecule has 16 heavy (non-hydrogen) atoms. The van der Waals surface area contributed by atoms with Gasteiger partial charge in [-0.3, -0.25) is 0 Å². The Kier molecular flexibility index (Phi) is 4.82. The van der Waals surface area contributed by atoms with Gasteiger partial charge in [-0.2, -0.15) is 0 Å². The van der Waals surface area contributed by atoms with Crippen LogP contribution < -0.4 is 5.73 Å². The van der Waals surface area contributed by atoms with Crippen molar-refractivity contribution < 1.29 is 0 Å². The fourth-order valence-corrected chi connectivity index (χ4v) is 2.17. The molecule has 0 radical (unpaired) electrons. The molecule has 0 aromatic heterocycles. The van der Waals surface area contributed by atoms with Crippen LogP contribution in [0.15, 0.2) is 24.3 Å². The fraction of sp³-hybridized carbons (Fsp3) is 0.571. The zero-order valence-corrected chi connectivity index (χ0v) is 11.0. The summed E-state index contributed by atoms with van der Waals surface area (Å²) in [5.41, 5.74) is 8.94. The van der Waals surface area contributed by atoms with Crippen molar-refractivity contribution in [1.82, 2.24) is 0 Å². The molecule has 2 heteroatoms. The minimum atomic E-state index is 0. The Labute approximate surface area is 105 Å². The van der Waals surface area contributed by atoms with Crippen LogP contribution in [0, 0.1) is 5.92 Å². The molecule has 0 bridgehead atoms. The molecule has 1 aromatic carbocycles. The first-order valence-corrected chi connectivity index (χ1v) is 6.04. The molecule has 1 aromatic rings. The molecule has 1 nitrogen and oxygen atoms in total. The molecule has 0 spiro atoms. The largest absolute Gasteiger partial charge is 0.324 e. The number of benzene rings is 1. The number of halogens is 1. The van der Waals surface area contributed by atoms with Gasteiger partial charge in [-0.1, -0.05) is 44.5 Å². The van der Waals surface area contributed by atoms with Gasteiger partial charge in [0.1, 0.15) is 0 Å². The van der Waals surface area contributed by atoms with E-state index < -0.39 is 0 Å². The van der Waals surface area contributed by atoms with Crippen molar-refractivity contribution in [2.24, 2.45) is 11.7 Å². The lowest BCUT2D eigenvalue weighted by molar-refractivity contribution is 0.264. The van der Waals surface area contributed by atoms with Gasteiger partial charge in [-0.25, -0.2) is 0 Å². The molecule has 2 rings (SSSR count). The van der Waals surface area contributed by atoms with Crippen LogP contribution in [0.5, 0.6) is 0 Å². The van der Waals surface area contributed by atoms with Crippen molar-refractivity contribution in [2.75, 3.05) is 0 Å². The lowest BCUT2D eigenvalue weighted by Crippen LogP contribution is -2.26. The standard InChI is InChI=1S/C14H21N.ClH/c1-10(2)11-6-8-13(9-7-11)14(15)12-4-3-5-12;/h6-10,12,14H,3-5,15H2,1-2H3;1H/t14-;/m1./s1. The van der Waals surface area contributed by atoms with Gasteiger partial charge in [-0.05, 0) is 35.8 Å². The Balaban J connectivity index is 0.00000128. The molecule has 90 valence electrons. The quantitative estimate of drug-likeness (QED) is 0.847. The van der Waals surface area contributed by atoms with Crippen LogP contribution in [0.25, 0.3) is 0 Å². The van der Waals surface area contributed by atoms with Crippen molar-refractivity contribution in [2.45, 2.75) is 45.1 Å². The van der Waals surface area contributed by atoms with E-state index in [1.165, 1.54) is 30.4 Å². The molecular formula is C14H22ClN. The third-order valence-corrected chi connectivity index (χ3v) is 3.65. The smallest absolute Gasteiger partial charge is 0.0323 e. The van der Waals surface area contributed by atoms with Gasteiger partial charge >= 0.3 is 0 Å². The average Bonchev–Trinajstić information content (AvgIpc) is 2.15. The van der Waals surface area contributed by atoms with E-state index in [9.17, 15) is 0 Å². The molecule has 1 atom stereocenters. The summed E-state index contributed by atoms with van der Waals surface area (Å²) < 4.78 is 0. The maximum atomic E-state index is 6.23. The number of hydrogen-bond donors (Lipinski definition) is 1. The number of nitrogens with two attached hydrogens (primary N) is 1. The highest BCUT2D eigenvalue weighted by atomic mass is 35.5. The molecule has 0 saturated heterocycles. The van der Waals surface area contributed by atoms with Crippen LogP contribution in [-0.2, 0) is 0 Å². The first-order valence-electron chi connectivity index (χ1n) is 6.04. The van der Waals surface area contributed by atoms with E-state index in [-0.39, 0.29) is 18.4 Å². The maximum Gasteiger partial charge on any atom is 0.0323 e. The Morgan fingerprint density at radius 3 is 1.94 bits per heavy atom. The van der Waals surface area contributed by atoms with Crippen LogP contribution >= 0.6 is 12.4 Å². The van der Waals surface area contributed by atoms with E-state index in [4.69, 9.17) is 5.73 Å². The van der Waals surface area contributed by atoms with Gasteiger partial charge in [0.05, 0.1) is 0 Å². The summed E-state index contributed by atoms with van der Waals surface area (Å²) in [6, 6.07) is 9.12. The Morgan fingerprint density at radius 2 is 1.56 bits per heavy atom. The highest BCUT2D eigenvalue weighted by Crippen LogP contribution is 2.36. The van der Waals surface area contributed by atoms with Crippen molar-refractivity contribution in [3.05, 3.63) is 35.4 Å². The molecular weight excluding hydrogens is 218 g/mol. The minimum Gasteiger partial charge on any atom is -0.324 e. The molecule has 0 unspecified atom stereocenters. The molecule has 1 fully saturated rings. The van der Waals surface area contributed by atoms with E-state index in [0.29, 0.717) is 5.92 Å². The van der Waals surface area contributed by atoms with Gasteiger partial charge in [0, 0.05) is 6.04 Å². The van der Waals surface area contributed by atoms with Crippen molar-refractivity contribution in [3.63, 3.8) is 0 Å². The van der Waals surface area contributed by atoms with E-state index in [0.717, 1.165) is 5.92 Å². The Hall–Kier alpha value is -0.530.